The molecule has 25 heavy (non-hydrogen) atoms. The smallest absolute Gasteiger partial charge is 0.338 e. The summed E-state index contributed by atoms with van der Waals surface area (Å²) in [5.74, 6) is -4.31. The molecule has 1 heterocycles. The molecule has 1 aromatic heterocycles. The van der Waals surface area contributed by atoms with Crippen LogP contribution in [0.4, 0.5) is 0 Å². The van der Waals surface area contributed by atoms with Gasteiger partial charge < -0.3 is 15.3 Å². The number of carboxylic acid groups (broad SMARTS) is 3. The Hall–Kier alpha value is -3.88. The third-order valence-corrected chi connectivity index (χ3v) is 3.67. The lowest BCUT2D eigenvalue weighted by molar-refractivity contribution is 0.0651. The van der Waals surface area contributed by atoms with E-state index in [1.54, 1.807) is 0 Å². The first-order chi connectivity index (χ1) is 11.8. The van der Waals surface area contributed by atoms with Crippen LogP contribution in [0.25, 0.3) is 16.6 Å². The lowest BCUT2D eigenvalue weighted by atomic mass is 10.1. The molecule has 3 rings (SSSR count). The summed E-state index contributed by atoms with van der Waals surface area (Å²) >= 11 is 0. The molecule has 0 saturated carbocycles. The first-order valence-corrected chi connectivity index (χ1v) is 6.90. The van der Waals surface area contributed by atoms with Crippen molar-refractivity contribution in [2.24, 2.45) is 0 Å². The zero-order valence-corrected chi connectivity index (χ0v) is 12.4. The molecule has 0 bridgehead atoms. The van der Waals surface area contributed by atoms with E-state index >= 15 is 0 Å². The standard InChI is InChI=1S/C16H10N2O7/c19-13-11-7(14(20)21)3-1-5-9(11)17-18(13)10-6-2-4-8(15(22)23)12(10)16(24)25/h1-6,17H,(H,20,21)(H,22,23)(H,24,25). The maximum Gasteiger partial charge on any atom is 0.338 e. The summed E-state index contributed by atoms with van der Waals surface area (Å²) in [5.41, 5.74) is -2.14. The maximum absolute atomic E-state index is 12.6. The van der Waals surface area contributed by atoms with Gasteiger partial charge in [0.15, 0.2) is 0 Å². The van der Waals surface area contributed by atoms with Gasteiger partial charge in [0.1, 0.15) is 0 Å². The summed E-state index contributed by atoms with van der Waals surface area (Å²) < 4.78 is 0.826. The van der Waals surface area contributed by atoms with Crippen LogP contribution in [-0.4, -0.2) is 43.0 Å². The van der Waals surface area contributed by atoms with Gasteiger partial charge in [0.05, 0.1) is 33.3 Å². The normalized spacial score (nSPS) is 10.7. The highest BCUT2D eigenvalue weighted by atomic mass is 16.4. The summed E-state index contributed by atoms with van der Waals surface area (Å²) in [6.45, 7) is 0. The minimum atomic E-state index is -1.53. The lowest BCUT2D eigenvalue weighted by Crippen LogP contribution is -2.20. The Kier molecular flexibility index (Phi) is 3.61. The van der Waals surface area contributed by atoms with Gasteiger partial charge in [-0.2, -0.15) is 0 Å². The van der Waals surface area contributed by atoms with Crippen molar-refractivity contribution in [2.75, 3.05) is 0 Å². The van der Waals surface area contributed by atoms with Gasteiger partial charge in [-0.3, -0.25) is 9.89 Å². The molecule has 3 aromatic rings. The van der Waals surface area contributed by atoms with Crippen molar-refractivity contribution in [3.05, 3.63) is 63.4 Å². The topological polar surface area (TPSA) is 150 Å². The number of aromatic carboxylic acids is 3. The number of H-pyrrole nitrogens is 1. The number of hydrogen-bond acceptors (Lipinski definition) is 4. The predicted molar refractivity (Wildman–Crippen MR) is 84.8 cm³/mol. The highest BCUT2D eigenvalue weighted by Gasteiger charge is 2.24. The Morgan fingerprint density at radius 1 is 0.840 bits per heavy atom. The van der Waals surface area contributed by atoms with Crippen LogP contribution in [-0.2, 0) is 0 Å². The molecule has 0 amide bonds. The van der Waals surface area contributed by atoms with Gasteiger partial charge in [-0.05, 0) is 24.3 Å². The molecule has 126 valence electrons. The van der Waals surface area contributed by atoms with Gasteiger partial charge in [-0.1, -0.05) is 12.1 Å². The summed E-state index contributed by atoms with van der Waals surface area (Å²) in [6, 6.07) is 7.79. The second-order valence-corrected chi connectivity index (χ2v) is 5.10. The van der Waals surface area contributed by atoms with E-state index in [1.165, 1.54) is 30.3 Å². The number of nitrogens with one attached hydrogen (secondary N) is 1. The van der Waals surface area contributed by atoms with E-state index in [-0.39, 0.29) is 22.2 Å². The summed E-state index contributed by atoms with van der Waals surface area (Å²) in [6.07, 6.45) is 0. The Morgan fingerprint density at radius 3 is 2.04 bits per heavy atom. The highest BCUT2D eigenvalue weighted by Crippen LogP contribution is 2.21. The van der Waals surface area contributed by atoms with Crippen LogP contribution >= 0.6 is 0 Å². The third-order valence-electron chi connectivity index (χ3n) is 3.67. The molecule has 0 aliphatic carbocycles. The number of aromatic nitrogens is 2. The number of aromatic amines is 1. The van der Waals surface area contributed by atoms with Gasteiger partial charge in [-0.15, -0.1) is 0 Å². The van der Waals surface area contributed by atoms with Crippen LogP contribution in [0.2, 0.25) is 0 Å². The Labute approximate surface area is 138 Å². The zero-order valence-electron chi connectivity index (χ0n) is 12.4. The number of hydrogen-bond donors (Lipinski definition) is 4. The van der Waals surface area contributed by atoms with E-state index in [1.807, 2.05) is 0 Å². The van der Waals surface area contributed by atoms with E-state index in [0.717, 1.165) is 10.7 Å². The average Bonchev–Trinajstić information content (AvgIpc) is 2.90. The van der Waals surface area contributed by atoms with Crippen molar-refractivity contribution >= 4 is 28.8 Å². The molecule has 4 N–H and O–H groups in total. The molecule has 0 spiro atoms. The van der Waals surface area contributed by atoms with Crippen LogP contribution < -0.4 is 5.56 Å². The number of fused-ring (bicyclic) bond motifs is 1. The number of carbonyl (C=O) groups is 3. The monoisotopic (exact) mass is 342 g/mol. The largest absolute Gasteiger partial charge is 0.478 e. The van der Waals surface area contributed by atoms with E-state index in [4.69, 9.17) is 0 Å². The number of carboxylic acids is 3. The molecule has 2 aromatic carbocycles. The maximum atomic E-state index is 12.6. The van der Waals surface area contributed by atoms with Crippen molar-refractivity contribution in [1.29, 1.82) is 0 Å². The van der Waals surface area contributed by atoms with Crippen LogP contribution in [0, 0.1) is 0 Å². The molecular formula is C16H10N2O7. The van der Waals surface area contributed by atoms with Crippen molar-refractivity contribution in [3.63, 3.8) is 0 Å². The second-order valence-electron chi connectivity index (χ2n) is 5.10. The highest BCUT2D eigenvalue weighted by molar-refractivity contribution is 6.05. The van der Waals surface area contributed by atoms with Crippen LogP contribution in [0.15, 0.2) is 41.2 Å². The van der Waals surface area contributed by atoms with E-state index in [9.17, 15) is 34.5 Å². The van der Waals surface area contributed by atoms with Crippen molar-refractivity contribution in [1.82, 2.24) is 9.78 Å². The molecule has 0 radical (unpaired) electrons. The Morgan fingerprint density at radius 2 is 1.44 bits per heavy atom. The zero-order chi connectivity index (χ0) is 18.3. The number of benzene rings is 2. The average molecular weight is 342 g/mol. The minimum absolute atomic E-state index is 0.132. The summed E-state index contributed by atoms with van der Waals surface area (Å²) in [7, 11) is 0. The number of rotatable bonds is 4. The Balaban J connectivity index is 2.41. The van der Waals surface area contributed by atoms with Crippen molar-refractivity contribution in [3.8, 4) is 5.69 Å². The first kappa shape index (κ1) is 16.0. The van der Waals surface area contributed by atoms with Gasteiger partial charge >= 0.3 is 17.9 Å². The van der Waals surface area contributed by atoms with Crippen molar-refractivity contribution in [2.45, 2.75) is 0 Å². The third kappa shape index (κ3) is 2.43. The second kappa shape index (κ2) is 5.64. The first-order valence-electron chi connectivity index (χ1n) is 6.90. The molecular weight excluding hydrogens is 332 g/mol. The van der Waals surface area contributed by atoms with Gasteiger partial charge in [0, 0.05) is 0 Å². The number of nitrogens with zero attached hydrogens (tertiary/aromatic N) is 1. The molecule has 0 aliphatic heterocycles. The molecule has 9 heteroatoms. The molecule has 9 nitrogen and oxygen atoms in total. The SMILES string of the molecule is O=C(O)c1cccc(-n2[nH]c3cccc(C(=O)O)c3c2=O)c1C(=O)O. The molecule has 0 atom stereocenters. The molecule has 0 fully saturated rings. The van der Waals surface area contributed by atoms with Gasteiger partial charge in [0.2, 0.25) is 0 Å². The Bertz CT molecular complexity index is 1110. The molecule has 0 aliphatic rings. The lowest BCUT2D eigenvalue weighted by Gasteiger charge is -2.08. The van der Waals surface area contributed by atoms with Gasteiger partial charge in [0.25, 0.3) is 5.56 Å². The van der Waals surface area contributed by atoms with E-state index in [2.05, 4.69) is 5.10 Å². The molecule has 0 saturated heterocycles. The van der Waals surface area contributed by atoms with E-state index < -0.39 is 34.6 Å². The van der Waals surface area contributed by atoms with Crippen LogP contribution in [0.3, 0.4) is 0 Å². The van der Waals surface area contributed by atoms with Gasteiger partial charge in [-0.25, -0.2) is 19.1 Å². The van der Waals surface area contributed by atoms with E-state index in [0.29, 0.717) is 0 Å². The van der Waals surface area contributed by atoms with Crippen LogP contribution in [0.5, 0.6) is 0 Å². The van der Waals surface area contributed by atoms with Crippen molar-refractivity contribution < 1.29 is 29.7 Å². The fraction of sp³-hybridized carbons (Fsp3) is 0. The minimum Gasteiger partial charge on any atom is -0.478 e. The molecule has 0 unspecified atom stereocenters. The fourth-order valence-electron chi connectivity index (χ4n) is 2.64. The van der Waals surface area contributed by atoms with Crippen LogP contribution in [0.1, 0.15) is 31.1 Å². The predicted octanol–water partition coefficient (Wildman–Crippen LogP) is 1.41. The quantitative estimate of drug-likeness (QED) is 0.560. The fourth-order valence-corrected chi connectivity index (χ4v) is 2.64. The summed E-state index contributed by atoms with van der Waals surface area (Å²) in [4.78, 5) is 46.7. The summed E-state index contributed by atoms with van der Waals surface area (Å²) in [5, 5.41) is 30.3.